The maximum absolute atomic E-state index is 6.00. The average molecular weight is 539 g/mol. The Morgan fingerprint density at radius 1 is 0.973 bits per heavy atom. The lowest BCUT2D eigenvalue weighted by Crippen LogP contribution is -2.38. The minimum absolute atomic E-state index is 0.460. The number of piperidine rings is 1. The van der Waals surface area contributed by atoms with Crippen LogP contribution in [0.25, 0.3) is 11.3 Å². The molecule has 2 aliphatic rings. The van der Waals surface area contributed by atoms with Crippen LogP contribution in [0.4, 0.5) is 17.6 Å². The van der Waals surface area contributed by atoms with Crippen molar-refractivity contribution in [2.45, 2.75) is 64.5 Å². The molecule has 2 aliphatic heterocycles. The van der Waals surface area contributed by atoms with Crippen LogP contribution in [0.1, 0.15) is 57.6 Å². The molecule has 0 spiro atoms. The molecular formula is C28H35ClN6OS. The standard InChI is InChI=1S/C28H35ClN6OS/c1-20-8-4-7-17-35(20)26-18-25(34-15-5-2-3-6-16-34)31-27(32-26)33-28(37)30-19-23-13-14-24(36-23)21-9-11-22(29)12-10-21/h9-14,18,20H,2-8,15-17,19H2,1H3,(H2,30,31,32,33,37)/t20-/m0/s1. The lowest BCUT2D eigenvalue weighted by atomic mass is 10.0. The minimum atomic E-state index is 0.460. The van der Waals surface area contributed by atoms with Crippen molar-refractivity contribution in [3.8, 4) is 11.3 Å². The van der Waals surface area contributed by atoms with E-state index in [0.717, 1.165) is 48.4 Å². The Labute approximate surface area is 229 Å². The molecule has 9 heteroatoms. The summed E-state index contributed by atoms with van der Waals surface area (Å²) in [6, 6.07) is 14.1. The molecular weight excluding hydrogens is 504 g/mol. The van der Waals surface area contributed by atoms with E-state index in [-0.39, 0.29) is 0 Å². The summed E-state index contributed by atoms with van der Waals surface area (Å²) in [5.74, 6) is 4.07. The van der Waals surface area contributed by atoms with Crippen LogP contribution in [-0.4, -0.2) is 40.8 Å². The van der Waals surface area contributed by atoms with E-state index in [9.17, 15) is 0 Å². The second-order valence-electron chi connectivity index (χ2n) is 9.93. The first-order valence-electron chi connectivity index (χ1n) is 13.4. The average Bonchev–Trinajstić information content (AvgIpc) is 3.21. The van der Waals surface area contributed by atoms with Crippen LogP contribution < -0.4 is 20.4 Å². The minimum Gasteiger partial charge on any atom is -0.459 e. The Morgan fingerprint density at radius 3 is 2.46 bits per heavy atom. The number of anilines is 3. The highest BCUT2D eigenvalue weighted by Crippen LogP contribution is 2.28. The van der Waals surface area contributed by atoms with Crippen molar-refractivity contribution in [3.05, 3.63) is 53.2 Å². The SMILES string of the molecule is C[C@H]1CCCCN1c1cc(N2CCCCCC2)nc(NC(=S)NCc2ccc(-c3ccc(Cl)cc3)o2)n1. The van der Waals surface area contributed by atoms with Gasteiger partial charge >= 0.3 is 0 Å². The number of rotatable bonds is 6. The van der Waals surface area contributed by atoms with E-state index in [1.54, 1.807) is 0 Å². The summed E-state index contributed by atoms with van der Waals surface area (Å²) in [6.45, 7) is 5.83. The van der Waals surface area contributed by atoms with Gasteiger partial charge in [0.15, 0.2) is 5.11 Å². The van der Waals surface area contributed by atoms with Crippen LogP contribution in [0.2, 0.25) is 5.02 Å². The van der Waals surface area contributed by atoms with Gasteiger partial charge in [-0.05, 0) is 87.6 Å². The first kappa shape index (κ1) is 25.8. The van der Waals surface area contributed by atoms with Gasteiger partial charge in [0.1, 0.15) is 23.2 Å². The van der Waals surface area contributed by atoms with E-state index in [4.69, 9.17) is 38.2 Å². The molecule has 2 fully saturated rings. The van der Waals surface area contributed by atoms with Crippen molar-refractivity contribution in [3.63, 3.8) is 0 Å². The van der Waals surface area contributed by atoms with Crippen molar-refractivity contribution < 1.29 is 4.42 Å². The van der Waals surface area contributed by atoms with Crippen LogP contribution in [-0.2, 0) is 6.54 Å². The van der Waals surface area contributed by atoms with E-state index in [1.807, 2.05) is 36.4 Å². The molecule has 1 atom stereocenters. The van der Waals surface area contributed by atoms with Gasteiger partial charge in [0, 0.05) is 42.3 Å². The van der Waals surface area contributed by atoms with Gasteiger partial charge in [-0.3, -0.25) is 0 Å². The molecule has 7 nitrogen and oxygen atoms in total. The molecule has 0 amide bonds. The van der Waals surface area contributed by atoms with Gasteiger partial charge in [-0.2, -0.15) is 9.97 Å². The third kappa shape index (κ3) is 6.73. The summed E-state index contributed by atoms with van der Waals surface area (Å²) in [6.07, 6.45) is 8.61. The van der Waals surface area contributed by atoms with Crippen molar-refractivity contribution in [1.29, 1.82) is 0 Å². The number of furan rings is 1. The van der Waals surface area contributed by atoms with E-state index in [2.05, 4.69) is 33.4 Å². The Kier molecular flexibility index (Phi) is 8.46. The fraction of sp³-hybridized carbons (Fsp3) is 0.464. The van der Waals surface area contributed by atoms with Crippen LogP contribution in [0.5, 0.6) is 0 Å². The summed E-state index contributed by atoms with van der Waals surface area (Å²) < 4.78 is 5.99. The summed E-state index contributed by atoms with van der Waals surface area (Å²) in [7, 11) is 0. The predicted molar refractivity (Wildman–Crippen MR) is 156 cm³/mol. The lowest BCUT2D eigenvalue weighted by Gasteiger charge is -2.35. The van der Waals surface area contributed by atoms with Crippen molar-refractivity contribution in [2.75, 3.05) is 34.8 Å². The number of nitrogens with zero attached hydrogens (tertiary/aromatic N) is 4. The topological polar surface area (TPSA) is 69.5 Å². The molecule has 2 aromatic heterocycles. The Bertz CT molecular complexity index is 1190. The first-order chi connectivity index (χ1) is 18.0. The van der Waals surface area contributed by atoms with Crippen molar-refractivity contribution in [1.82, 2.24) is 15.3 Å². The highest BCUT2D eigenvalue weighted by molar-refractivity contribution is 7.80. The molecule has 0 bridgehead atoms. The Hall–Kier alpha value is -2.84. The quantitative estimate of drug-likeness (QED) is 0.339. The number of hydrogen-bond acceptors (Lipinski definition) is 6. The fourth-order valence-corrected chi connectivity index (χ4v) is 5.37. The monoisotopic (exact) mass is 538 g/mol. The second-order valence-corrected chi connectivity index (χ2v) is 10.8. The number of thiocarbonyl (C=S) groups is 1. The summed E-state index contributed by atoms with van der Waals surface area (Å²) in [5.41, 5.74) is 0.981. The van der Waals surface area contributed by atoms with Gasteiger partial charge in [-0.25, -0.2) is 0 Å². The molecule has 0 unspecified atom stereocenters. The summed E-state index contributed by atoms with van der Waals surface area (Å²) in [4.78, 5) is 14.6. The molecule has 4 heterocycles. The largest absolute Gasteiger partial charge is 0.459 e. The zero-order valence-corrected chi connectivity index (χ0v) is 23.0. The van der Waals surface area contributed by atoms with Crippen LogP contribution in [0.15, 0.2) is 46.9 Å². The van der Waals surface area contributed by atoms with Gasteiger partial charge < -0.3 is 24.9 Å². The highest BCUT2D eigenvalue weighted by Gasteiger charge is 2.23. The van der Waals surface area contributed by atoms with Gasteiger partial charge in [0.25, 0.3) is 0 Å². The molecule has 0 radical (unpaired) electrons. The molecule has 2 saturated heterocycles. The molecule has 0 saturated carbocycles. The van der Waals surface area contributed by atoms with Gasteiger partial charge in [-0.1, -0.05) is 24.4 Å². The van der Waals surface area contributed by atoms with Gasteiger partial charge in [-0.15, -0.1) is 0 Å². The second kappa shape index (κ2) is 12.1. The molecule has 2 N–H and O–H groups in total. The first-order valence-corrected chi connectivity index (χ1v) is 14.1. The van der Waals surface area contributed by atoms with E-state index < -0.39 is 0 Å². The lowest BCUT2D eigenvalue weighted by molar-refractivity contribution is 0.481. The maximum Gasteiger partial charge on any atom is 0.232 e. The maximum atomic E-state index is 6.00. The van der Waals surface area contributed by atoms with Crippen LogP contribution in [0.3, 0.4) is 0 Å². The number of aromatic nitrogens is 2. The normalized spacial score (nSPS) is 18.4. The summed E-state index contributed by atoms with van der Waals surface area (Å²) >= 11 is 11.6. The zero-order valence-electron chi connectivity index (χ0n) is 21.4. The van der Waals surface area contributed by atoms with Crippen molar-refractivity contribution in [2.24, 2.45) is 0 Å². The molecule has 3 aromatic rings. The predicted octanol–water partition coefficient (Wildman–Crippen LogP) is 6.64. The Balaban J connectivity index is 1.28. The third-order valence-electron chi connectivity index (χ3n) is 7.17. The number of nitrogens with one attached hydrogen (secondary N) is 2. The van der Waals surface area contributed by atoms with E-state index in [1.165, 1.54) is 44.9 Å². The van der Waals surface area contributed by atoms with Crippen LogP contribution in [0, 0.1) is 0 Å². The smallest absolute Gasteiger partial charge is 0.232 e. The van der Waals surface area contributed by atoms with E-state index in [0.29, 0.717) is 28.7 Å². The molecule has 196 valence electrons. The Morgan fingerprint density at radius 2 is 1.70 bits per heavy atom. The number of hydrogen-bond donors (Lipinski definition) is 2. The molecule has 1 aromatic carbocycles. The van der Waals surface area contributed by atoms with Gasteiger partial charge in [0.05, 0.1) is 6.54 Å². The number of benzene rings is 1. The highest BCUT2D eigenvalue weighted by atomic mass is 35.5. The van der Waals surface area contributed by atoms with Crippen molar-refractivity contribution >= 4 is 46.5 Å². The van der Waals surface area contributed by atoms with E-state index >= 15 is 0 Å². The summed E-state index contributed by atoms with van der Waals surface area (Å²) in [5, 5.41) is 7.64. The molecule has 0 aliphatic carbocycles. The number of halogens is 1. The fourth-order valence-electron chi connectivity index (χ4n) is 5.08. The van der Waals surface area contributed by atoms with Gasteiger partial charge in [0.2, 0.25) is 5.95 Å². The third-order valence-corrected chi connectivity index (χ3v) is 7.66. The molecule has 37 heavy (non-hydrogen) atoms. The van der Waals surface area contributed by atoms with Crippen LogP contribution >= 0.6 is 23.8 Å². The zero-order chi connectivity index (χ0) is 25.6. The molecule has 5 rings (SSSR count).